The molecule has 2 aliphatic carbocycles. The van der Waals surface area contributed by atoms with Gasteiger partial charge in [0.05, 0.1) is 0 Å². The van der Waals surface area contributed by atoms with E-state index in [-0.39, 0.29) is 8.61 Å². The quantitative estimate of drug-likeness (QED) is 0.675. The van der Waals surface area contributed by atoms with E-state index in [2.05, 4.69) is 4.67 Å². The molecule has 0 aliphatic heterocycles. The smallest absolute Gasteiger partial charge is 0.249 e. The minimum atomic E-state index is 0.280. The van der Waals surface area contributed by atoms with Crippen LogP contribution in [-0.2, 0) is 4.57 Å². The van der Waals surface area contributed by atoms with Gasteiger partial charge in [-0.1, -0.05) is 38.5 Å². The van der Waals surface area contributed by atoms with Gasteiger partial charge in [-0.05, 0) is 25.7 Å². The maximum absolute atomic E-state index is 11.3. The molecule has 0 aromatic heterocycles. The number of hydrogen-bond donors (Lipinski definition) is 0. The van der Waals surface area contributed by atoms with Crippen molar-refractivity contribution in [3.8, 4) is 0 Å². The molecule has 0 aromatic carbocycles. The molecule has 0 N–H and O–H groups in total. The van der Waals surface area contributed by atoms with E-state index in [1.165, 1.54) is 64.2 Å². The summed E-state index contributed by atoms with van der Waals surface area (Å²) < 4.78 is 13.6. The molecule has 0 unspecified atom stereocenters. The molecule has 0 aromatic rings. The van der Waals surface area contributed by atoms with Crippen LogP contribution in [0.4, 0.5) is 0 Å². The van der Waals surface area contributed by atoms with Gasteiger partial charge in [0.2, 0.25) is 8.61 Å². The van der Waals surface area contributed by atoms with Crippen molar-refractivity contribution in [3.05, 3.63) is 0 Å². The van der Waals surface area contributed by atoms with Crippen molar-refractivity contribution in [1.29, 1.82) is 0 Å². The Bertz CT molecular complexity index is 180. The van der Waals surface area contributed by atoms with Crippen molar-refractivity contribution >= 4 is 8.61 Å². The second-order valence-corrected chi connectivity index (χ2v) is 5.67. The Balaban J connectivity index is 1.91. The summed E-state index contributed by atoms with van der Waals surface area (Å²) in [5, 5.41) is 0. The lowest BCUT2D eigenvalue weighted by molar-refractivity contribution is 0.176. The first kappa shape index (κ1) is 11.5. The Kier molecular flexibility index (Phi) is 4.59. The third kappa shape index (κ3) is 3.01. The zero-order valence-electron chi connectivity index (χ0n) is 9.53. The highest BCUT2D eigenvalue weighted by molar-refractivity contribution is 7.20. The molecule has 3 heteroatoms. The van der Waals surface area contributed by atoms with Gasteiger partial charge < -0.3 is 0 Å². The van der Waals surface area contributed by atoms with Crippen molar-refractivity contribution < 1.29 is 4.57 Å². The fraction of sp³-hybridized carbons (Fsp3) is 1.00. The highest BCUT2D eigenvalue weighted by atomic mass is 31.1. The molecule has 0 amide bonds. The van der Waals surface area contributed by atoms with Gasteiger partial charge in [-0.3, -0.25) is 4.57 Å². The molecule has 0 spiro atoms. The summed E-state index contributed by atoms with van der Waals surface area (Å²) in [5.41, 5.74) is 0. The maximum atomic E-state index is 11.3. The van der Waals surface area contributed by atoms with Gasteiger partial charge in [0.1, 0.15) is 0 Å². The third-order valence-corrected chi connectivity index (χ3v) is 4.83. The van der Waals surface area contributed by atoms with Gasteiger partial charge in [0.15, 0.2) is 0 Å². The predicted molar refractivity (Wildman–Crippen MR) is 63.2 cm³/mol. The van der Waals surface area contributed by atoms with Gasteiger partial charge in [-0.2, -0.15) is 0 Å². The largest absolute Gasteiger partial charge is 0.256 e. The summed E-state index contributed by atoms with van der Waals surface area (Å²) in [6.45, 7) is 0. The maximum Gasteiger partial charge on any atom is 0.249 e. The van der Waals surface area contributed by atoms with Gasteiger partial charge in [-0.25, -0.2) is 4.67 Å². The molecular formula is C12H22NOP. The molecule has 0 bridgehead atoms. The molecule has 2 aliphatic rings. The van der Waals surface area contributed by atoms with E-state index in [1.54, 1.807) is 0 Å². The van der Waals surface area contributed by atoms with Crippen LogP contribution in [0.1, 0.15) is 64.2 Å². The average Bonchev–Trinajstić information content (AvgIpc) is 2.33. The predicted octanol–water partition coefficient (Wildman–Crippen LogP) is 4.16. The fourth-order valence-corrected chi connectivity index (χ4v) is 3.85. The molecular weight excluding hydrogens is 205 g/mol. The first-order chi connectivity index (χ1) is 7.42. The molecule has 0 heterocycles. The third-order valence-electron chi connectivity index (χ3n) is 3.99. The molecule has 15 heavy (non-hydrogen) atoms. The van der Waals surface area contributed by atoms with E-state index in [0.717, 1.165) is 0 Å². The Morgan fingerprint density at radius 1 is 0.733 bits per heavy atom. The summed E-state index contributed by atoms with van der Waals surface area (Å²) in [6, 6.07) is 1.22. The van der Waals surface area contributed by atoms with Gasteiger partial charge >= 0.3 is 0 Å². The fourth-order valence-electron chi connectivity index (χ4n) is 3.12. The summed E-state index contributed by atoms with van der Waals surface area (Å²) in [7, 11) is 0.280. The minimum absolute atomic E-state index is 0.280. The molecule has 2 saturated carbocycles. The Morgan fingerprint density at radius 3 is 1.47 bits per heavy atom. The topological polar surface area (TPSA) is 20.3 Å². The van der Waals surface area contributed by atoms with Crippen LogP contribution in [0.15, 0.2) is 0 Å². The van der Waals surface area contributed by atoms with Gasteiger partial charge in [-0.15, -0.1) is 0 Å². The second kappa shape index (κ2) is 5.96. The zero-order chi connectivity index (χ0) is 10.5. The lowest BCUT2D eigenvalue weighted by Crippen LogP contribution is -2.38. The van der Waals surface area contributed by atoms with E-state index in [1.807, 2.05) is 0 Å². The van der Waals surface area contributed by atoms with Crippen LogP contribution >= 0.6 is 8.61 Å². The van der Waals surface area contributed by atoms with E-state index in [4.69, 9.17) is 0 Å². The number of nitrogens with zero attached hydrogens (tertiary/aromatic N) is 1. The molecule has 86 valence electrons. The summed E-state index contributed by atoms with van der Waals surface area (Å²) >= 11 is 0. The van der Waals surface area contributed by atoms with Crippen LogP contribution in [0.3, 0.4) is 0 Å². The molecule has 0 atom stereocenters. The highest BCUT2D eigenvalue weighted by Crippen LogP contribution is 2.33. The normalized spacial score (nSPS) is 26.2. The lowest BCUT2D eigenvalue weighted by atomic mass is 9.91. The van der Waals surface area contributed by atoms with Crippen LogP contribution in [0, 0.1) is 0 Å². The summed E-state index contributed by atoms with van der Waals surface area (Å²) in [4.78, 5) is 0. The molecule has 2 nitrogen and oxygen atoms in total. The van der Waals surface area contributed by atoms with Gasteiger partial charge in [0, 0.05) is 12.1 Å². The molecule has 2 rings (SSSR count). The summed E-state index contributed by atoms with van der Waals surface area (Å²) in [6.07, 6.45) is 13.2. The lowest BCUT2D eigenvalue weighted by Gasteiger charge is -2.36. The average molecular weight is 227 g/mol. The van der Waals surface area contributed by atoms with Crippen LogP contribution in [0.2, 0.25) is 0 Å². The highest BCUT2D eigenvalue weighted by Gasteiger charge is 2.28. The van der Waals surface area contributed by atoms with E-state index in [0.29, 0.717) is 12.1 Å². The SMILES string of the molecule is O=PN(C1CCCCC1)C1CCCCC1. The monoisotopic (exact) mass is 227 g/mol. The van der Waals surface area contributed by atoms with Crippen molar-refractivity contribution in [2.75, 3.05) is 0 Å². The molecule has 0 radical (unpaired) electrons. The Morgan fingerprint density at radius 2 is 1.13 bits per heavy atom. The van der Waals surface area contributed by atoms with E-state index in [9.17, 15) is 4.57 Å². The van der Waals surface area contributed by atoms with Crippen molar-refractivity contribution in [2.24, 2.45) is 0 Å². The standard InChI is InChI=1S/C12H22NOP/c14-15-13(11-7-3-1-4-8-11)12-9-5-2-6-10-12/h11-12H,1-10H2. The zero-order valence-corrected chi connectivity index (χ0v) is 10.4. The van der Waals surface area contributed by atoms with E-state index < -0.39 is 0 Å². The van der Waals surface area contributed by atoms with Crippen molar-refractivity contribution in [3.63, 3.8) is 0 Å². The first-order valence-electron chi connectivity index (χ1n) is 6.53. The Hall–Kier alpha value is 0.0600. The van der Waals surface area contributed by atoms with Crippen molar-refractivity contribution in [1.82, 2.24) is 4.67 Å². The van der Waals surface area contributed by atoms with Crippen molar-refractivity contribution in [2.45, 2.75) is 76.3 Å². The number of hydrogen-bond acceptors (Lipinski definition) is 1. The molecule has 0 saturated heterocycles. The second-order valence-electron chi connectivity index (χ2n) is 5.05. The summed E-state index contributed by atoms with van der Waals surface area (Å²) in [5.74, 6) is 0. The van der Waals surface area contributed by atoms with Crippen LogP contribution in [0.25, 0.3) is 0 Å². The molecule has 2 fully saturated rings. The van der Waals surface area contributed by atoms with Crippen LogP contribution < -0.4 is 0 Å². The minimum Gasteiger partial charge on any atom is -0.256 e. The first-order valence-corrected chi connectivity index (χ1v) is 7.30. The van der Waals surface area contributed by atoms with Crippen LogP contribution in [-0.4, -0.2) is 16.8 Å². The Labute approximate surface area is 94.7 Å². The van der Waals surface area contributed by atoms with E-state index >= 15 is 0 Å². The van der Waals surface area contributed by atoms with Crippen LogP contribution in [0.5, 0.6) is 0 Å². The number of rotatable bonds is 3. The van der Waals surface area contributed by atoms with Gasteiger partial charge in [0.25, 0.3) is 0 Å².